The Hall–Kier alpha value is -0.970. The number of rotatable bonds is 4. The Morgan fingerprint density at radius 1 is 1.61 bits per heavy atom. The molecule has 1 aliphatic carbocycles. The normalized spacial score (nSPS) is 25.0. The molecular formula is C13H20F2N2O. The van der Waals surface area contributed by atoms with Gasteiger partial charge in [0.1, 0.15) is 0 Å². The minimum Gasteiger partial charge on any atom is -0.392 e. The fraction of sp³-hybridized carbons (Fsp3) is 0.769. The average Bonchev–Trinajstić information content (AvgIpc) is 2.75. The topological polar surface area (TPSA) is 38.0 Å². The van der Waals surface area contributed by atoms with Gasteiger partial charge in [-0.1, -0.05) is 0 Å². The van der Waals surface area contributed by atoms with Crippen LogP contribution in [0.15, 0.2) is 12.4 Å². The number of aliphatic hydroxyl groups is 1. The van der Waals surface area contributed by atoms with E-state index in [1.54, 1.807) is 10.9 Å². The molecule has 1 aromatic heterocycles. The van der Waals surface area contributed by atoms with Crippen LogP contribution in [0.25, 0.3) is 0 Å². The Balaban J connectivity index is 1.92. The van der Waals surface area contributed by atoms with Crippen LogP contribution < -0.4 is 0 Å². The summed E-state index contributed by atoms with van der Waals surface area (Å²) in [4.78, 5) is 0. The van der Waals surface area contributed by atoms with Crippen LogP contribution in [0, 0.1) is 5.92 Å². The Morgan fingerprint density at radius 3 is 3.00 bits per heavy atom. The Morgan fingerprint density at radius 2 is 2.39 bits per heavy atom. The van der Waals surface area contributed by atoms with Crippen LogP contribution in [-0.4, -0.2) is 26.9 Å². The minimum absolute atomic E-state index is 0.0377. The molecule has 1 fully saturated rings. The van der Waals surface area contributed by atoms with Gasteiger partial charge in [0.05, 0.1) is 12.3 Å². The maximum atomic E-state index is 13.3. The van der Waals surface area contributed by atoms with Crippen LogP contribution in [0.5, 0.6) is 0 Å². The van der Waals surface area contributed by atoms with Crippen molar-refractivity contribution >= 4 is 0 Å². The molecule has 3 nitrogen and oxygen atoms in total. The van der Waals surface area contributed by atoms with E-state index in [-0.39, 0.29) is 18.8 Å². The van der Waals surface area contributed by atoms with Gasteiger partial charge in [-0.15, -0.1) is 0 Å². The number of aliphatic hydroxyl groups excluding tert-OH is 1. The van der Waals surface area contributed by atoms with Crippen LogP contribution >= 0.6 is 0 Å². The van der Waals surface area contributed by atoms with E-state index in [9.17, 15) is 13.9 Å². The third kappa shape index (κ3) is 3.28. The summed E-state index contributed by atoms with van der Waals surface area (Å²) in [6.07, 6.45) is 4.27. The molecule has 5 heteroatoms. The number of aryl methyl sites for hydroxylation is 1. The summed E-state index contributed by atoms with van der Waals surface area (Å²) >= 11 is 0. The number of aromatic nitrogens is 2. The summed E-state index contributed by atoms with van der Waals surface area (Å²) < 4.78 is 28.3. The van der Waals surface area contributed by atoms with E-state index in [1.165, 1.54) is 0 Å². The monoisotopic (exact) mass is 258 g/mol. The first-order valence-corrected chi connectivity index (χ1v) is 6.57. The number of alkyl halides is 2. The van der Waals surface area contributed by atoms with E-state index in [0.717, 1.165) is 12.1 Å². The quantitative estimate of drug-likeness (QED) is 0.901. The van der Waals surface area contributed by atoms with E-state index < -0.39 is 12.0 Å². The number of hydrogen-bond acceptors (Lipinski definition) is 2. The third-order valence-corrected chi connectivity index (χ3v) is 3.68. The van der Waals surface area contributed by atoms with E-state index in [0.29, 0.717) is 19.3 Å². The Bertz CT molecular complexity index is 392. The first-order valence-electron chi connectivity index (χ1n) is 6.57. The van der Waals surface area contributed by atoms with Crippen LogP contribution in [0.1, 0.15) is 38.2 Å². The first-order chi connectivity index (χ1) is 8.50. The molecule has 0 bridgehead atoms. The van der Waals surface area contributed by atoms with Gasteiger partial charge in [0.15, 0.2) is 0 Å². The molecule has 1 aliphatic rings. The predicted octanol–water partition coefficient (Wildman–Crippen LogP) is 2.63. The number of hydrogen-bond donors (Lipinski definition) is 1. The molecule has 2 rings (SSSR count). The lowest BCUT2D eigenvalue weighted by Gasteiger charge is -2.31. The van der Waals surface area contributed by atoms with E-state index in [4.69, 9.17) is 0 Å². The van der Waals surface area contributed by atoms with Crippen LogP contribution in [0.3, 0.4) is 0 Å². The van der Waals surface area contributed by atoms with Crippen LogP contribution in [0.4, 0.5) is 8.78 Å². The molecule has 0 aliphatic heterocycles. The SMILES string of the molecule is CCn1cc(CC(O)C2CCCC(F)(F)C2)cn1. The molecule has 102 valence electrons. The standard InChI is InChI=1S/C13H20F2N2O/c1-2-17-9-10(8-16-17)6-12(18)11-4-3-5-13(14,15)7-11/h8-9,11-12,18H,2-7H2,1H3. The summed E-state index contributed by atoms with van der Waals surface area (Å²) in [5.41, 5.74) is 0.915. The van der Waals surface area contributed by atoms with E-state index in [1.807, 2.05) is 13.1 Å². The highest BCUT2D eigenvalue weighted by Crippen LogP contribution is 2.38. The van der Waals surface area contributed by atoms with Crippen molar-refractivity contribution in [3.63, 3.8) is 0 Å². The lowest BCUT2D eigenvalue weighted by atomic mass is 9.81. The lowest BCUT2D eigenvalue weighted by Crippen LogP contribution is -2.33. The van der Waals surface area contributed by atoms with Crippen molar-refractivity contribution in [2.24, 2.45) is 5.92 Å². The van der Waals surface area contributed by atoms with Crippen LogP contribution in [0.2, 0.25) is 0 Å². The zero-order valence-corrected chi connectivity index (χ0v) is 10.6. The zero-order chi connectivity index (χ0) is 13.2. The van der Waals surface area contributed by atoms with Crippen LogP contribution in [-0.2, 0) is 13.0 Å². The van der Waals surface area contributed by atoms with Gasteiger partial charge in [-0.2, -0.15) is 5.10 Å². The maximum absolute atomic E-state index is 13.3. The van der Waals surface area contributed by atoms with Crippen molar-refractivity contribution in [2.75, 3.05) is 0 Å². The van der Waals surface area contributed by atoms with Crippen molar-refractivity contribution < 1.29 is 13.9 Å². The molecule has 2 unspecified atom stereocenters. The van der Waals surface area contributed by atoms with Gasteiger partial charge < -0.3 is 5.11 Å². The minimum atomic E-state index is -2.60. The molecule has 1 aromatic rings. The van der Waals surface area contributed by atoms with Crippen molar-refractivity contribution in [3.8, 4) is 0 Å². The summed E-state index contributed by atoms with van der Waals surface area (Å²) in [5.74, 6) is -2.89. The Kier molecular flexibility index (Phi) is 4.00. The fourth-order valence-corrected chi connectivity index (χ4v) is 2.63. The van der Waals surface area contributed by atoms with Crippen molar-refractivity contribution in [1.29, 1.82) is 0 Å². The van der Waals surface area contributed by atoms with E-state index >= 15 is 0 Å². The highest BCUT2D eigenvalue weighted by molar-refractivity contribution is 5.06. The summed E-state index contributed by atoms with van der Waals surface area (Å²) in [6.45, 7) is 2.76. The second-order valence-electron chi connectivity index (χ2n) is 5.19. The number of halogens is 2. The summed E-state index contributed by atoms with van der Waals surface area (Å²) in [5, 5.41) is 14.2. The highest BCUT2D eigenvalue weighted by atomic mass is 19.3. The van der Waals surface area contributed by atoms with Gasteiger partial charge in [-0.05, 0) is 31.2 Å². The van der Waals surface area contributed by atoms with Crippen molar-refractivity contribution in [3.05, 3.63) is 18.0 Å². The second-order valence-corrected chi connectivity index (χ2v) is 5.19. The van der Waals surface area contributed by atoms with Crippen molar-refractivity contribution in [2.45, 2.75) is 57.6 Å². The van der Waals surface area contributed by atoms with Gasteiger partial charge >= 0.3 is 0 Å². The summed E-state index contributed by atoms with van der Waals surface area (Å²) in [7, 11) is 0. The zero-order valence-electron chi connectivity index (χ0n) is 10.6. The fourth-order valence-electron chi connectivity index (χ4n) is 2.63. The molecule has 2 atom stereocenters. The molecule has 0 radical (unpaired) electrons. The molecule has 1 heterocycles. The van der Waals surface area contributed by atoms with Gasteiger partial charge in [-0.3, -0.25) is 4.68 Å². The smallest absolute Gasteiger partial charge is 0.248 e. The van der Waals surface area contributed by atoms with Gasteiger partial charge in [0.2, 0.25) is 5.92 Å². The highest BCUT2D eigenvalue weighted by Gasteiger charge is 2.38. The molecule has 0 amide bonds. The van der Waals surface area contributed by atoms with Crippen molar-refractivity contribution in [1.82, 2.24) is 9.78 Å². The lowest BCUT2D eigenvalue weighted by molar-refractivity contribution is -0.0752. The Labute approximate surface area is 106 Å². The average molecular weight is 258 g/mol. The first kappa shape index (κ1) is 13.5. The number of nitrogens with zero attached hydrogens (tertiary/aromatic N) is 2. The molecule has 18 heavy (non-hydrogen) atoms. The van der Waals surface area contributed by atoms with Gasteiger partial charge in [-0.25, -0.2) is 8.78 Å². The van der Waals surface area contributed by atoms with E-state index in [2.05, 4.69) is 5.10 Å². The van der Waals surface area contributed by atoms with Gasteiger partial charge in [0, 0.05) is 32.0 Å². The second kappa shape index (κ2) is 5.34. The molecule has 1 saturated carbocycles. The third-order valence-electron chi connectivity index (χ3n) is 3.68. The summed E-state index contributed by atoms with van der Waals surface area (Å²) in [6, 6.07) is 0. The predicted molar refractivity (Wildman–Crippen MR) is 64.5 cm³/mol. The molecule has 0 aromatic carbocycles. The molecular weight excluding hydrogens is 238 g/mol. The molecule has 1 N–H and O–H groups in total. The molecule has 0 spiro atoms. The maximum Gasteiger partial charge on any atom is 0.248 e. The van der Waals surface area contributed by atoms with Gasteiger partial charge in [0.25, 0.3) is 0 Å². The largest absolute Gasteiger partial charge is 0.392 e. The molecule has 0 saturated heterocycles.